The molecular weight excluding hydrogens is 518 g/mol. The average molecular weight is 546 g/mol. The molecule has 3 aromatic rings. The van der Waals surface area contributed by atoms with Gasteiger partial charge >= 0.3 is 11.9 Å². The Hall–Kier alpha value is -4.49. The average Bonchev–Trinajstić information content (AvgIpc) is 3.53. The van der Waals surface area contributed by atoms with Gasteiger partial charge < -0.3 is 24.5 Å². The number of thioether (sulfide) groups is 1. The third-order valence-electron chi connectivity index (χ3n) is 6.20. The molecule has 39 heavy (non-hydrogen) atoms. The molecule has 1 amide bonds. The van der Waals surface area contributed by atoms with E-state index >= 15 is 0 Å². The molecule has 2 aromatic carbocycles. The van der Waals surface area contributed by atoms with Crippen molar-refractivity contribution in [2.75, 3.05) is 13.2 Å². The number of amides is 1. The fraction of sp³-hybridized carbons (Fsp3) is 0.241. The lowest BCUT2D eigenvalue weighted by atomic mass is 10.0. The predicted octanol–water partition coefficient (Wildman–Crippen LogP) is 4.81. The summed E-state index contributed by atoms with van der Waals surface area (Å²) in [5.41, 5.74) is 2.26. The highest BCUT2D eigenvalue weighted by molar-refractivity contribution is 8.04. The molecule has 0 radical (unpaired) electrons. The normalized spacial score (nSPS) is 16.2. The Morgan fingerprint density at radius 1 is 1.26 bits per heavy atom. The van der Waals surface area contributed by atoms with Gasteiger partial charge in [-0.3, -0.25) is 4.79 Å². The maximum atomic E-state index is 13.1. The maximum Gasteiger partial charge on any atom is 0.352 e. The van der Waals surface area contributed by atoms with E-state index in [1.54, 1.807) is 19.1 Å². The lowest BCUT2D eigenvalue weighted by Crippen LogP contribution is -2.29. The van der Waals surface area contributed by atoms with E-state index in [-0.39, 0.29) is 28.8 Å². The number of ether oxygens (including phenoxy) is 2. The number of carbonyl (C=O) groups excluding carboxylic acids is 2. The molecule has 0 saturated carbocycles. The highest BCUT2D eigenvalue weighted by Gasteiger charge is 2.39. The summed E-state index contributed by atoms with van der Waals surface area (Å²) in [5, 5.41) is 19.6. The van der Waals surface area contributed by atoms with Crippen LogP contribution in [0, 0.1) is 11.3 Å². The Labute approximate surface area is 229 Å². The van der Waals surface area contributed by atoms with Crippen molar-refractivity contribution in [3.05, 3.63) is 88.6 Å². The number of benzene rings is 2. The number of hydrogen-bond acceptors (Lipinski definition) is 7. The number of aromatic nitrogens is 1. The monoisotopic (exact) mass is 545 g/mol. The Morgan fingerprint density at radius 3 is 2.69 bits per heavy atom. The van der Waals surface area contributed by atoms with Crippen molar-refractivity contribution in [1.82, 2.24) is 9.88 Å². The van der Waals surface area contributed by atoms with Crippen molar-refractivity contribution in [1.29, 1.82) is 5.26 Å². The molecule has 0 bridgehead atoms. The van der Waals surface area contributed by atoms with Crippen molar-refractivity contribution < 1.29 is 29.0 Å². The lowest BCUT2D eigenvalue weighted by Gasteiger charge is -2.15. The van der Waals surface area contributed by atoms with Crippen molar-refractivity contribution in [2.45, 2.75) is 31.6 Å². The fourth-order valence-electron chi connectivity index (χ4n) is 4.31. The Kier molecular flexibility index (Phi) is 8.74. The zero-order chi connectivity index (χ0) is 27.9. The van der Waals surface area contributed by atoms with Gasteiger partial charge in [0.25, 0.3) is 0 Å². The molecule has 1 fully saturated rings. The molecule has 1 aliphatic rings. The van der Waals surface area contributed by atoms with Gasteiger partial charge in [-0.15, -0.1) is 0 Å². The standard InChI is InChI=1S/C29H27N3O6S/c1-3-14-37-29(36)21(16-30)27-32(4-2)26(33)24(39-27)13-11-19-10-12-23(38-17-18-8-6-5-7-9-18)20-15-22(28(34)35)31-25(19)20/h3,5-10,12,15,24,31H,1,4,11,13-14,17H2,2H3,(H,34,35). The van der Waals surface area contributed by atoms with Gasteiger partial charge in [-0.1, -0.05) is 60.8 Å². The first-order valence-electron chi connectivity index (χ1n) is 12.3. The molecule has 10 heteroatoms. The van der Waals surface area contributed by atoms with E-state index in [0.717, 1.165) is 11.1 Å². The zero-order valence-electron chi connectivity index (χ0n) is 21.3. The molecule has 4 rings (SSSR count). The van der Waals surface area contributed by atoms with Gasteiger partial charge in [-0.25, -0.2) is 9.59 Å². The van der Waals surface area contributed by atoms with Gasteiger partial charge in [-0.2, -0.15) is 5.26 Å². The van der Waals surface area contributed by atoms with E-state index < -0.39 is 17.2 Å². The van der Waals surface area contributed by atoms with E-state index in [1.165, 1.54) is 22.7 Å². The molecule has 0 aliphatic carbocycles. The first kappa shape index (κ1) is 27.5. The second kappa shape index (κ2) is 12.4. The molecule has 1 aliphatic heterocycles. The van der Waals surface area contributed by atoms with Crippen LogP contribution < -0.4 is 4.74 Å². The topological polar surface area (TPSA) is 133 Å². The number of carboxylic acid groups (broad SMARTS) is 1. The predicted molar refractivity (Wildman–Crippen MR) is 147 cm³/mol. The fourth-order valence-corrected chi connectivity index (χ4v) is 5.64. The van der Waals surface area contributed by atoms with Crippen LogP contribution in [-0.2, 0) is 27.4 Å². The van der Waals surface area contributed by atoms with Crippen LogP contribution in [0.3, 0.4) is 0 Å². The number of esters is 1. The number of carbonyl (C=O) groups is 3. The van der Waals surface area contributed by atoms with E-state index in [4.69, 9.17) is 9.47 Å². The number of nitrogens with zero attached hydrogens (tertiary/aromatic N) is 2. The van der Waals surface area contributed by atoms with Crippen LogP contribution in [0.15, 0.2) is 71.8 Å². The van der Waals surface area contributed by atoms with Crippen LogP contribution in [0.25, 0.3) is 10.9 Å². The Bertz CT molecular complexity index is 1490. The summed E-state index contributed by atoms with van der Waals surface area (Å²) in [5.74, 6) is -1.54. The van der Waals surface area contributed by atoms with Crippen molar-refractivity contribution in [2.24, 2.45) is 0 Å². The summed E-state index contributed by atoms with van der Waals surface area (Å²) in [4.78, 5) is 41.6. The van der Waals surface area contributed by atoms with Gasteiger partial charge in [0, 0.05) is 11.9 Å². The smallest absolute Gasteiger partial charge is 0.352 e. The second-order valence-corrected chi connectivity index (χ2v) is 9.87. The first-order chi connectivity index (χ1) is 18.9. The summed E-state index contributed by atoms with van der Waals surface area (Å²) < 4.78 is 11.0. The van der Waals surface area contributed by atoms with Crippen molar-refractivity contribution in [3.8, 4) is 11.8 Å². The van der Waals surface area contributed by atoms with E-state index in [2.05, 4.69) is 11.6 Å². The van der Waals surface area contributed by atoms with Gasteiger partial charge in [0.05, 0.1) is 10.8 Å². The zero-order valence-corrected chi connectivity index (χ0v) is 22.1. The van der Waals surface area contributed by atoms with Gasteiger partial charge in [0.2, 0.25) is 5.91 Å². The summed E-state index contributed by atoms with van der Waals surface area (Å²) in [7, 11) is 0. The third-order valence-corrected chi connectivity index (χ3v) is 7.57. The number of nitrogens with one attached hydrogen (secondary N) is 1. The maximum absolute atomic E-state index is 13.1. The second-order valence-electron chi connectivity index (χ2n) is 8.68. The van der Waals surface area contributed by atoms with Gasteiger partial charge in [0.15, 0.2) is 5.57 Å². The highest BCUT2D eigenvalue weighted by Crippen LogP contribution is 2.40. The number of carboxylic acids is 1. The first-order valence-corrected chi connectivity index (χ1v) is 13.2. The third kappa shape index (κ3) is 5.99. The molecule has 1 saturated heterocycles. The molecule has 1 aromatic heterocycles. The molecule has 200 valence electrons. The molecule has 1 unspecified atom stereocenters. The quantitative estimate of drug-likeness (QED) is 0.152. The largest absolute Gasteiger partial charge is 0.488 e. The van der Waals surface area contributed by atoms with Gasteiger partial charge in [-0.05, 0) is 43.0 Å². The molecular formula is C29H27N3O6S. The number of nitriles is 1. The summed E-state index contributed by atoms with van der Waals surface area (Å²) >= 11 is 1.17. The highest BCUT2D eigenvalue weighted by atomic mass is 32.2. The van der Waals surface area contributed by atoms with Crippen molar-refractivity contribution >= 4 is 40.5 Å². The molecule has 2 heterocycles. The van der Waals surface area contributed by atoms with Gasteiger partial charge in [0.1, 0.15) is 35.8 Å². The van der Waals surface area contributed by atoms with Crippen LogP contribution in [0.2, 0.25) is 0 Å². The van der Waals surface area contributed by atoms with Crippen LogP contribution >= 0.6 is 11.8 Å². The Balaban J connectivity index is 1.57. The van der Waals surface area contributed by atoms with Crippen LogP contribution in [0.4, 0.5) is 0 Å². The van der Waals surface area contributed by atoms with E-state index in [0.29, 0.717) is 42.6 Å². The van der Waals surface area contributed by atoms with Crippen LogP contribution in [0.5, 0.6) is 5.75 Å². The van der Waals surface area contributed by atoms with E-state index in [9.17, 15) is 24.8 Å². The lowest BCUT2D eigenvalue weighted by molar-refractivity contribution is -0.137. The molecule has 2 N–H and O–H groups in total. The minimum absolute atomic E-state index is 0.0346. The molecule has 1 atom stereocenters. The van der Waals surface area contributed by atoms with Crippen LogP contribution in [0.1, 0.15) is 35.0 Å². The summed E-state index contributed by atoms with van der Waals surface area (Å²) in [6.07, 6.45) is 2.26. The molecule has 0 spiro atoms. The van der Waals surface area contributed by atoms with E-state index in [1.807, 2.05) is 42.5 Å². The summed E-state index contributed by atoms with van der Waals surface area (Å²) in [6, 6.07) is 16.7. The molecule has 9 nitrogen and oxygen atoms in total. The SMILES string of the molecule is C=CCOC(=O)C(C#N)=C1SC(CCc2ccc(OCc3ccccc3)c3cc(C(=O)O)[nH]c23)C(=O)N1CC. The Morgan fingerprint density at radius 2 is 2.03 bits per heavy atom. The number of hydrogen-bond donors (Lipinski definition) is 2. The number of aryl methyl sites for hydroxylation is 1. The number of aromatic carboxylic acids is 1. The number of fused-ring (bicyclic) bond motifs is 1. The van der Waals surface area contributed by atoms with Crippen LogP contribution in [-0.4, -0.2) is 51.2 Å². The summed E-state index contributed by atoms with van der Waals surface area (Å²) in [6.45, 7) is 5.86. The minimum atomic E-state index is -1.09. The number of aromatic amines is 1. The number of H-pyrrole nitrogens is 1. The minimum Gasteiger partial charge on any atom is -0.488 e. The van der Waals surface area contributed by atoms with Crippen molar-refractivity contribution in [3.63, 3.8) is 0 Å². The number of rotatable bonds is 11.